The van der Waals surface area contributed by atoms with Crippen molar-refractivity contribution < 1.29 is 4.74 Å². The molecule has 0 spiro atoms. The van der Waals surface area contributed by atoms with Gasteiger partial charge in [0.1, 0.15) is 5.75 Å². The van der Waals surface area contributed by atoms with Gasteiger partial charge in [0, 0.05) is 19.6 Å². The molecule has 1 aromatic carbocycles. The van der Waals surface area contributed by atoms with Crippen LogP contribution >= 0.6 is 0 Å². The maximum Gasteiger partial charge on any atom is 0.191 e. The zero-order valence-corrected chi connectivity index (χ0v) is 16.1. The maximum absolute atomic E-state index is 5.41. The average Bonchev–Trinajstić information content (AvgIpc) is 2.64. The molecule has 0 aliphatic carbocycles. The highest BCUT2D eigenvalue weighted by Gasteiger charge is 2.15. The molecule has 1 aliphatic heterocycles. The third-order valence-electron chi connectivity index (χ3n) is 4.87. The van der Waals surface area contributed by atoms with Gasteiger partial charge in [-0.05, 0) is 70.3 Å². The zero-order chi connectivity index (χ0) is 17.9. The number of methoxy groups -OCH3 is 1. The predicted octanol–water partition coefficient (Wildman–Crippen LogP) is 2.52. The lowest BCUT2D eigenvalue weighted by atomic mass is 9.94. The number of rotatable bonds is 8. The van der Waals surface area contributed by atoms with Crippen molar-refractivity contribution in [2.45, 2.75) is 32.6 Å². The van der Waals surface area contributed by atoms with Crippen molar-refractivity contribution in [3.8, 4) is 5.75 Å². The van der Waals surface area contributed by atoms with Crippen LogP contribution in [0.2, 0.25) is 0 Å². The first-order valence-electron chi connectivity index (χ1n) is 9.55. The number of nitrogens with one attached hydrogen (secondary N) is 2. The minimum Gasteiger partial charge on any atom is -0.496 e. The van der Waals surface area contributed by atoms with E-state index < -0.39 is 0 Å². The number of guanidine groups is 1. The lowest BCUT2D eigenvalue weighted by molar-refractivity contribution is 0.214. The molecule has 5 heteroatoms. The molecular formula is C20H34N4O. The Balaban J connectivity index is 1.75. The molecule has 5 nitrogen and oxygen atoms in total. The van der Waals surface area contributed by atoms with E-state index in [9.17, 15) is 0 Å². The molecular weight excluding hydrogens is 312 g/mol. The van der Waals surface area contributed by atoms with Crippen LogP contribution in [-0.2, 0) is 6.42 Å². The predicted molar refractivity (Wildman–Crippen MR) is 106 cm³/mol. The van der Waals surface area contributed by atoms with E-state index in [4.69, 9.17) is 9.73 Å². The number of para-hydroxylation sites is 1. The van der Waals surface area contributed by atoms with E-state index in [1.54, 1.807) is 7.11 Å². The van der Waals surface area contributed by atoms with Crippen LogP contribution in [0.1, 0.15) is 31.7 Å². The van der Waals surface area contributed by atoms with Gasteiger partial charge in [-0.2, -0.15) is 0 Å². The van der Waals surface area contributed by atoms with Crippen molar-refractivity contribution in [2.75, 3.05) is 46.9 Å². The van der Waals surface area contributed by atoms with Gasteiger partial charge in [-0.15, -0.1) is 0 Å². The van der Waals surface area contributed by atoms with Crippen molar-refractivity contribution in [1.82, 2.24) is 15.5 Å². The van der Waals surface area contributed by atoms with Crippen LogP contribution < -0.4 is 15.4 Å². The molecule has 0 radical (unpaired) electrons. The third kappa shape index (κ3) is 6.94. The fourth-order valence-corrected chi connectivity index (χ4v) is 3.28. The van der Waals surface area contributed by atoms with Gasteiger partial charge in [-0.1, -0.05) is 18.2 Å². The van der Waals surface area contributed by atoms with E-state index in [1.165, 1.54) is 37.9 Å². The highest BCUT2D eigenvalue weighted by atomic mass is 16.5. The molecule has 25 heavy (non-hydrogen) atoms. The lowest BCUT2D eigenvalue weighted by Gasteiger charge is -2.28. The van der Waals surface area contributed by atoms with Crippen LogP contribution in [0, 0.1) is 5.92 Å². The number of benzene rings is 1. The smallest absolute Gasteiger partial charge is 0.191 e. The van der Waals surface area contributed by atoms with Gasteiger partial charge in [-0.3, -0.25) is 4.99 Å². The number of aliphatic imine (C=N–C) groups is 1. The first-order valence-corrected chi connectivity index (χ1v) is 9.55. The standard InChI is InChI=1S/C20H34N4O/c1-4-21-20(22-13-9-17-11-15-24(2)16-12-17)23-14-10-18-7-5-6-8-19(18)25-3/h5-8,17H,4,9-16H2,1-3H3,(H2,21,22,23). The quantitative estimate of drug-likeness (QED) is 0.561. The number of nitrogens with zero attached hydrogens (tertiary/aromatic N) is 2. The zero-order valence-electron chi connectivity index (χ0n) is 16.1. The van der Waals surface area contributed by atoms with Crippen molar-refractivity contribution in [3.63, 3.8) is 0 Å². The number of ether oxygens (including phenoxy) is 1. The summed E-state index contributed by atoms with van der Waals surface area (Å²) in [4.78, 5) is 7.17. The normalized spacial score (nSPS) is 16.7. The Kier molecular flexibility index (Phi) is 8.60. The van der Waals surface area contributed by atoms with Gasteiger partial charge in [0.15, 0.2) is 5.96 Å². The van der Waals surface area contributed by atoms with E-state index in [1.807, 2.05) is 12.1 Å². The molecule has 2 N–H and O–H groups in total. The largest absolute Gasteiger partial charge is 0.496 e. The molecule has 2 rings (SSSR count). The van der Waals surface area contributed by atoms with Crippen molar-refractivity contribution >= 4 is 5.96 Å². The van der Waals surface area contributed by atoms with Crippen LogP contribution in [0.4, 0.5) is 0 Å². The highest BCUT2D eigenvalue weighted by Crippen LogP contribution is 2.19. The summed E-state index contributed by atoms with van der Waals surface area (Å²) in [6.45, 7) is 7.19. The van der Waals surface area contributed by atoms with E-state index in [-0.39, 0.29) is 0 Å². The summed E-state index contributed by atoms with van der Waals surface area (Å²) >= 11 is 0. The van der Waals surface area contributed by atoms with E-state index in [2.05, 4.69) is 41.6 Å². The monoisotopic (exact) mass is 346 g/mol. The molecule has 0 amide bonds. The van der Waals surface area contributed by atoms with Crippen LogP contribution in [-0.4, -0.2) is 57.7 Å². The molecule has 1 fully saturated rings. The van der Waals surface area contributed by atoms with Crippen LogP contribution in [0.3, 0.4) is 0 Å². The maximum atomic E-state index is 5.41. The molecule has 1 aromatic rings. The Labute approximate surface area is 152 Å². The first kappa shape index (κ1) is 19.6. The van der Waals surface area contributed by atoms with Crippen molar-refractivity contribution in [3.05, 3.63) is 29.8 Å². The van der Waals surface area contributed by atoms with Gasteiger partial charge in [0.2, 0.25) is 0 Å². The van der Waals surface area contributed by atoms with Gasteiger partial charge in [-0.25, -0.2) is 0 Å². The SMILES string of the molecule is CCNC(=NCCC1CCN(C)CC1)NCCc1ccccc1OC. The second-order valence-electron chi connectivity index (χ2n) is 6.78. The Bertz CT molecular complexity index is 524. The second kappa shape index (κ2) is 11.0. The fraction of sp³-hybridized carbons (Fsp3) is 0.650. The molecule has 0 bridgehead atoms. The van der Waals surface area contributed by atoms with Gasteiger partial charge in [0.05, 0.1) is 7.11 Å². The summed E-state index contributed by atoms with van der Waals surface area (Å²) in [5, 5.41) is 6.78. The van der Waals surface area contributed by atoms with Gasteiger partial charge in [0.25, 0.3) is 0 Å². The molecule has 140 valence electrons. The van der Waals surface area contributed by atoms with Gasteiger partial charge >= 0.3 is 0 Å². The van der Waals surface area contributed by atoms with Crippen LogP contribution in [0.15, 0.2) is 29.3 Å². The third-order valence-corrected chi connectivity index (χ3v) is 4.87. The Morgan fingerprint density at radius 2 is 2.00 bits per heavy atom. The lowest BCUT2D eigenvalue weighted by Crippen LogP contribution is -2.38. The summed E-state index contributed by atoms with van der Waals surface area (Å²) in [6, 6.07) is 8.18. The molecule has 0 atom stereocenters. The van der Waals surface area contributed by atoms with Crippen LogP contribution in [0.5, 0.6) is 5.75 Å². The number of hydrogen-bond donors (Lipinski definition) is 2. The Hall–Kier alpha value is -1.75. The average molecular weight is 347 g/mol. The molecule has 0 saturated carbocycles. The number of likely N-dealkylation sites (tertiary alicyclic amines) is 1. The van der Waals surface area contributed by atoms with Gasteiger partial charge < -0.3 is 20.3 Å². The summed E-state index contributed by atoms with van der Waals surface area (Å²) < 4.78 is 5.41. The van der Waals surface area contributed by atoms with E-state index in [0.29, 0.717) is 0 Å². The summed E-state index contributed by atoms with van der Waals surface area (Å²) in [5.41, 5.74) is 1.22. The fourth-order valence-electron chi connectivity index (χ4n) is 3.28. The highest BCUT2D eigenvalue weighted by molar-refractivity contribution is 5.79. The summed E-state index contributed by atoms with van der Waals surface area (Å²) in [5.74, 6) is 2.70. The second-order valence-corrected chi connectivity index (χ2v) is 6.78. The summed E-state index contributed by atoms with van der Waals surface area (Å²) in [6.07, 6.45) is 4.73. The first-order chi connectivity index (χ1) is 12.2. The molecule has 0 aromatic heterocycles. The van der Waals surface area contributed by atoms with E-state index in [0.717, 1.165) is 43.7 Å². The summed E-state index contributed by atoms with van der Waals surface area (Å²) in [7, 11) is 3.93. The van der Waals surface area contributed by atoms with Crippen molar-refractivity contribution in [2.24, 2.45) is 10.9 Å². The Morgan fingerprint density at radius 1 is 1.24 bits per heavy atom. The van der Waals surface area contributed by atoms with Crippen molar-refractivity contribution in [1.29, 1.82) is 0 Å². The molecule has 1 heterocycles. The van der Waals surface area contributed by atoms with Crippen LogP contribution in [0.25, 0.3) is 0 Å². The molecule has 1 saturated heterocycles. The number of piperidine rings is 1. The topological polar surface area (TPSA) is 48.9 Å². The number of hydrogen-bond acceptors (Lipinski definition) is 3. The molecule has 1 aliphatic rings. The van der Waals surface area contributed by atoms with E-state index >= 15 is 0 Å². The minimum atomic E-state index is 0.830. The minimum absolute atomic E-state index is 0.830. The molecule has 0 unspecified atom stereocenters. The Morgan fingerprint density at radius 3 is 2.72 bits per heavy atom.